The van der Waals surface area contributed by atoms with E-state index in [1.165, 1.54) is 23.9 Å². The number of anilines is 1. The molecule has 2 rings (SSSR count). The first-order valence-electron chi connectivity index (χ1n) is 5.60. The second-order valence-electron chi connectivity index (χ2n) is 3.86. The van der Waals surface area contributed by atoms with Crippen molar-refractivity contribution in [2.75, 3.05) is 12.4 Å². The number of nitrogens with zero attached hydrogens (tertiary/aromatic N) is 1. The molecular formula is C13H10BrClN2O2S. The second-order valence-corrected chi connectivity index (χ2v) is 6.27. The summed E-state index contributed by atoms with van der Waals surface area (Å²) in [5.74, 6) is 0. The van der Waals surface area contributed by atoms with Crippen molar-refractivity contribution < 1.29 is 4.92 Å². The van der Waals surface area contributed by atoms with Gasteiger partial charge in [0.15, 0.2) is 0 Å². The molecule has 0 amide bonds. The van der Waals surface area contributed by atoms with Crippen molar-refractivity contribution in [1.82, 2.24) is 0 Å². The first-order chi connectivity index (χ1) is 9.51. The lowest BCUT2D eigenvalue weighted by atomic mass is 10.3. The number of hydrogen-bond donors (Lipinski definition) is 1. The highest BCUT2D eigenvalue weighted by Gasteiger charge is 2.12. The molecule has 0 radical (unpaired) electrons. The highest BCUT2D eigenvalue weighted by Crippen LogP contribution is 2.39. The molecule has 20 heavy (non-hydrogen) atoms. The predicted octanol–water partition coefficient (Wildman–Crippen LogP) is 5.20. The Bertz CT molecular complexity index is 667. The van der Waals surface area contributed by atoms with Crippen molar-refractivity contribution in [2.45, 2.75) is 9.79 Å². The molecule has 0 spiro atoms. The van der Waals surface area contributed by atoms with E-state index < -0.39 is 4.92 Å². The zero-order valence-corrected chi connectivity index (χ0v) is 13.6. The van der Waals surface area contributed by atoms with Crippen molar-refractivity contribution in [1.29, 1.82) is 0 Å². The third-order valence-corrected chi connectivity index (χ3v) is 4.61. The Morgan fingerprint density at radius 2 is 2.00 bits per heavy atom. The lowest BCUT2D eigenvalue weighted by Gasteiger charge is -2.10. The van der Waals surface area contributed by atoms with Gasteiger partial charge in [0.25, 0.3) is 5.69 Å². The average molecular weight is 374 g/mol. The van der Waals surface area contributed by atoms with Crippen LogP contribution in [0, 0.1) is 10.1 Å². The minimum atomic E-state index is -0.460. The number of hydrogen-bond acceptors (Lipinski definition) is 4. The predicted molar refractivity (Wildman–Crippen MR) is 85.9 cm³/mol. The van der Waals surface area contributed by atoms with Crippen molar-refractivity contribution in [3.05, 3.63) is 56.0 Å². The average Bonchev–Trinajstić information content (AvgIpc) is 2.41. The van der Waals surface area contributed by atoms with Gasteiger partial charge in [-0.25, -0.2) is 0 Å². The van der Waals surface area contributed by atoms with Gasteiger partial charge in [-0.3, -0.25) is 10.1 Å². The first kappa shape index (κ1) is 15.2. The van der Waals surface area contributed by atoms with Crippen LogP contribution in [0.5, 0.6) is 0 Å². The Morgan fingerprint density at radius 3 is 2.60 bits per heavy atom. The van der Waals surface area contributed by atoms with Gasteiger partial charge in [-0.2, -0.15) is 0 Å². The third-order valence-electron chi connectivity index (χ3n) is 2.56. The van der Waals surface area contributed by atoms with Crippen molar-refractivity contribution in [3.8, 4) is 0 Å². The summed E-state index contributed by atoms with van der Waals surface area (Å²) < 4.78 is 0.956. The number of nitro benzene ring substituents is 1. The molecule has 0 aliphatic rings. The maximum Gasteiger partial charge on any atom is 0.270 e. The summed E-state index contributed by atoms with van der Waals surface area (Å²) in [6, 6.07) is 10.3. The monoisotopic (exact) mass is 372 g/mol. The zero-order valence-electron chi connectivity index (χ0n) is 10.4. The largest absolute Gasteiger partial charge is 0.387 e. The number of rotatable bonds is 4. The van der Waals surface area contributed by atoms with E-state index >= 15 is 0 Å². The molecule has 0 bridgehead atoms. The molecule has 0 unspecified atom stereocenters. The van der Waals surface area contributed by atoms with Crippen LogP contribution in [-0.2, 0) is 0 Å². The summed E-state index contributed by atoms with van der Waals surface area (Å²) in [4.78, 5) is 12.0. The molecule has 2 aromatic rings. The van der Waals surface area contributed by atoms with Crippen molar-refractivity contribution in [2.24, 2.45) is 0 Å². The van der Waals surface area contributed by atoms with E-state index in [1.54, 1.807) is 6.07 Å². The fourth-order valence-electron chi connectivity index (χ4n) is 1.59. The lowest BCUT2D eigenvalue weighted by Crippen LogP contribution is -1.91. The molecule has 0 aliphatic heterocycles. The van der Waals surface area contributed by atoms with Crippen LogP contribution in [0.25, 0.3) is 0 Å². The van der Waals surface area contributed by atoms with Gasteiger partial charge in [0.1, 0.15) is 0 Å². The van der Waals surface area contributed by atoms with Crippen LogP contribution >= 0.6 is 39.3 Å². The lowest BCUT2D eigenvalue weighted by molar-refractivity contribution is -0.384. The van der Waals surface area contributed by atoms with Gasteiger partial charge in [-0.05, 0) is 24.3 Å². The smallest absolute Gasteiger partial charge is 0.270 e. The van der Waals surface area contributed by atoms with E-state index in [-0.39, 0.29) is 5.69 Å². The van der Waals surface area contributed by atoms with Crippen LogP contribution in [0.3, 0.4) is 0 Å². The van der Waals surface area contributed by atoms with Crippen LogP contribution in [0.2, 0.25) is 5.02 Å². The molecule has 7 heteroatoms. The molecule has 104 valence electrons. The number of nitro groups is 1. The summed E-state index contributed by atoms with van der Waals surface area (Å²) in [7, 11) is 1.84. The maximum atomic E-state index is 10.7. The fourth-order valence-corrected chi connectivity index (χ4v) is 3.39. The number of benzene rings is 2. The standard InChI is InChI=1S/C13H10BrClN2O2S/c1-16-11-4-2-8(14)6-13(11)20-12-5-3-9(17(18)19)7-10(12)15/h2-7,16H,1H3. The van der Waals surface area contributed by atoms with E-state index in [4.69, 9.17) is 11.6 Å². The minimum Gasteiger partial charge on any atom is -0.387 e. The molecule has 0 saturated carbocycles. The zero-order chi connectivity index (χ0) is 14.7. The van der Waals surface area contributed by atoms with E-state index in [1.807, 2.05) is 25.2 Å². The van der Waals surface area contributed by atoms with Crippen molar-refractivity contribution in [3.63, 3.8) is 0 Å². The van der Waals surface area contributed by atoms with Gasteiger partial charge < -0.3 is 5.32 Å². The van der Waals surface area contributed by atoms with Gasteiger partial charge in [0, 0.05) is 39.1 Å². The van der Waals surface area contributed by atoms with Crippen LogP contribution in [-0.4, -0.2) is 12.0 Å². The molecule has 4 nitrogen and oxygen atoms in total. The summed E-state index contributed by atoms with van der Waals surface area (Å²) in [6.45, 7) is 0. The summed E-state index contributed by atoms with van der Waals surface area (Å²) in [5, 5.41) is 14.2. The SMILES string of the molecule is CNc1ccc(Br)cc1Sc1ccc([N+](=O)[O-])cc1Cl. The molecule has 0 fully saturated rings. The molecule has 0 saturated heterocycles. The van der Waals surface area contributed by atoms with E-state index in [0.29, 0.717) is 5.02 Å². The third kappa shape index (κ3) is 3.45. The van der Waals surface area contributed by atoms with Gasteiger partial charge >= 0.3 is 0 Å². The normalized spacial score (nSPS) is 10.3. The summed E-state index contributed by atoms with van der Waals surface area (Å²) in [6.07, 6.45) is 0. The first-order valence-corrected chi connectivity index (χ1v) is 7.59. The quantitative estimate of drug-likeness (QED) is 0.591. The number of halogens is 2. The molecule has 0 heterocycles. The Hall–Kier alpha value is -1.24. The van der Waals surface area contributed by atoms with Crippen LogP contribution < -0.4 is 5.32 Å². The Labute approximate surface area is 133 Å². The Morgan fingerprint density at radius 1 is 1.25 bits per heavy atom. The molecular weight excluding hydrogens is 364 g/mol. The van der Waals surface area contributed by atoms with E-state index in [9.17, 15) is 10.1 Å². The van der Waals surface area contributed by atoms with Crippen LogP contribution in [0.4, 0.5) is 11.4 Å². The summed E-state index contributed by atoms with van der Waals surface area (Å²) >= 11 is 11.0. The summed E-state index contributed by atoms with van der Waals surface area (Å²) in [5.41, 5.74) is 0.954. The molecule has 1 N–H and O–H groups in total. The minimum absolute atomic E-state index is 0.0116. The molecule has 2 aromatic carbocycles. The Kier molecular flexibility index (Phi) is 4.91. The van der Waals surface area contributed by atoms with Crippen LogP contribution in [0.1, 0.15) is 0 Å². The van der Waals surface area contributed by atoms with Gasteiger partial charge in [0.05, 0.1) is 9.95 Å². The van der Waals surface area contributed by atoms with Crippen LogP contribution in [0.15, 0.2) is 50.7 Å². The fraction of sp³-hybridized carbons (Fsp3) is 0.0769. The van der Waals surface area contributed by atoms with Gasteiger partial charge in [-0.1, -0.05) is 39.3 Å². The molecule has 0 aliphatic carbocycles. The number of non-ortho nitro benzene ring substituents is 1. The van der Waals surface area contributed by atoms with Gasteiger partial charge in [0.2, 0.25) is 0 Å². The molecule has 0 aromatic heterocycles. The highest BCUT2D eigenvalue weighted by molar-refractivity contribution is 9.10. The maximum absolute atomic E-state index is 10.7. The van der Waals surface area contributed by atoms with E-state index in [0.717, 1.165) is 20.0 Å². The van der Waals surface area contributed by atoms with Crippen molar-refractivity contribution >= 4 is 50.7 Å². The topological polar surface area (TPSA) is 55.2 Å². The highest BCUT2D eigenvalue weighted by atomic mass is 79.9. The Balaban J connectivity index is 2.35. The molecule has 0 atom stereocenters. The second kappa shape index (κ2) is 6.47. The number of nitrogens with one attached hydrogen (secondary N) is 1. The van der Waals surface area contributed by atoms with Gasteiger partial charge in [-0.15, -0.1) is 0 Å². The van der Waals surface area contributed by atoms with E-state index in [2.05, 4.69) is 21.2 Å².